The van der Waals surface area contributed by atoms with Crippen molar-refractivity contribution in [2.24, 2.45) is 0 Å². The lowest BCUT2D eigenvalue weighted by Gasteiger charge is -2.20. The standard InChI is InChI=1S/C18H27ClN2O2/c1-15(23-17-9-7-16(19)8-10-17)18(22)20-11-6-14-21-12-4-2-3-5-13-21/h7-10,15H,2-6,11-14H2,1H3,(H,20,22)/t15-/m1/s1. The second kappa shape index (κ2) is 9.78. The van der Waals surface area contributed by atoms with Crippen LogP contribution in [0.5, 0.6) is 5.75 Å². The van der Waals surface area contributed by atoms with Crippen molar-refractivity contribution < 1.29 is 9.53 Å². The average Bonchev–Trinajstić information content (AvgIpc) is 2.82. The van der Waals surface area contributed by atoms with Crippen LogP contribution in [0, 0.1) is 0 Å². The highest BCUT2D eigenvalue weighted by molar-refractivity contribution is 6.30. The minimum atomic E-state index is -0.505. The first-order chi connectivity index (χ1) is 11.1. The van der Waals surface area contributed by atoms with Gasteiger partial charge in [0.05, 0.1) is 0 Å². The van der Waals surface area contributed by atoms with Gasteiger partial charge in [0.2, 0.25) is 0 Å². The van der Waals surface area contributed by atoms with Crippen LogP contribution in [0.1, 0.15) is 39.0 Å². The smallest absolute Gasteiger partial charge is 0.260 e. The highest BCUT2D eigenvalue weighted by Gasteiger charge is 2.14. The van der Waals surface area contributed by atoms with Gasteiger partial charge in [0.1, 0.15) is 5.75 Å². The van der Waals surface area contributed by atoms with Crippen molar-refractivity contribution in [1.29, 1.82) is 0 Å². The molecule has 0 saturated carbocycles. The van der Waals surface area contributed by atoms with Crippen molar-refractivity contribution >= 4 is 17.5 Å². The number of nitrogens with zero attached hydrogens (tertiary/aromatic N) is 1. The van der Waals surface area contributed by atoms with Crippen molar-refractivity contribution in [3.05, 3.63) is 29.3 Å². The van der Waals surface area contributed by atoms with E-state index in [9.17, 15) is 4.79 Å². The monoisotopic (exact) mass is 338 g/mol. The fourth-order valence-electron chi connectivity index (χ4n) is 2.79. The summed E-state index contributed by atoms with van der Waals surface area (Å²) in [5, 5.41) is 3.61. The molecule has 1 fully saturated rings. The molecule has 0 unspecified atom stereocenters. The fourth-order valence-corrected chi connectivity index (χ4v) is 2.91. The van der Waals surface area contributed by atoms with E-state index in [2.05, 4.69) is 10.2 Å². The van der Waals surface area contributed by atoms with Crippen LogP contribution in [0.4, 0.5) is 0 Å². The number of nitrogens with one attached hydrogen (secondary N) is 1. The summed E-state index contributed by atoms with van der Waals surface area (Å²) in [5.74, 6) is 0.581. The Labute approximate surface area is 144 Å². The van der Waals surface area contributed by atoms with Gasteiger partial charge in [-0.3, -0.25) is 4.79 Å². The molecule has 0 aliphatic carbocycles. The number of benzene rings is 1. The summed E-state index contributed by atoms with van der Waals surface area (Å²) in [7, 11) is 0. The van der Waals surface area contributed by atoms with E-state index in [-0.39, 0.29) is 5.91 Å². The number of ether oxygens (including phenoxy) is 1. The van der Waals surface area contributed by atoms with E-state index in [1.165, 1.54) is 38.8 Å². The molecular formula is C18H27ClN2O2. The molecule has 2 rings (SSSR count). The minimum absolute atomic E-state index is 0.0733. The summed E-state index contributed by atoms with van der Waals surface area (Å²) >= 11 is 5.83. The van der Waals surface area contributed by atoms with Gasteiger partial charge in [0.15, 0.2) is 6.10 Å². The van der Waals surface area contributed by atoms with Crippen molar-refractivity contribution in [1.82, 2.24) is 10.2 Å². The third-order valence-corrected chi connectivity index (χ3v) is 4.40. The Morgan fingerprint density at radius 2 is 1.87 bits per heavy atom. The molecule has 1 aromatic rings. The summed E-state index contributed by atoms with van der Waals surface area (Å²) in [6.07, 6.45) is 5.80. The first-order valence-electron chi connectivity index (χ1n) is 8.57. The lowest BCUT2D eigenvalue weighted by atomic mass is 10.2. The van der Waals surface area contributed by atoms with Gasteiger partial charge in [-0.05, 0) is 70.1 Å². The molecule has 1 aliphatic heterocycles. The first kappa shape index (κ1) is 18.1. The number of amides is 1. The Morgan fingerprint density at radius 1 is 1.22 bits per heavy atom. The van der Waals surface area contributed by atoms with Gasteiger partial charge >= 0.3 is 0 Å². The van der Waals surface area contributed by atoms with E-state index in [1.54, 1.807) is 31.2 Å². The van der Waals surface area contributed by atoms with Crippen LogP contribution in [0.15, 0.2) is 24.3 Å². The zero-order chi connectivity index (χ0) is 16.5. The fraction of sp³-hybridized carbons (Fsp3) is 0.611. The zero-order valence-electron chi connectivity index (χ0n) is 13.9. The van der Waals surface area contributed by atoms with Crippen LogP contribution in [0.2, 0.25) is 5.02 Å². The van der Waals surface area contributed by atoms with Crippen LogP contribution in [-0.4, -0.2) is 43.1 Å². The van der Waals surface area contributed by atoms with Crippen LogP contribution < -0.4 is 10.1 Å². The second-order valence-corrected chi connectivity index (χ2v) is 6.55. The molecule has 0 radical (unpaired) electrons. The molecule has 128 valence electrons. The quantitative estimate of drug-likeness (QED) is 0.774. The van der Waals surface area contributed by atoms with E-state index in [4.69, 9.17) is 16.3 Å². The first-order valence-corrected chi connectivity index (χ1v) is 8.95. The maximum Gasteiger partial charge on any atom is 0.260 e. The van der Waals surface area contributed by atoms with E-state index in [1.807, 2.05) is 0 Å². The SMILES string of the molecule is C[C@@H](Oc1ccc(Cl)cc1)C(=O)NCCCN1CCCCCC1. The minimum Gasteiger partial charge on any atom is -0.481 e. The van der Waals surface area contributed by atoms with Crippen LogP contribution in [0.25, 0.3) is 0 Å². The topological polar surface area (TPSA) is 41.6 Å². The molecule has 5 heteroatoms. The van der Waals surface area contributed by atoms with Gasteiger partial charge in [-0.25, -0.2) is 0 Å². The molecule has 1 atom stereocenters. The van der Waals surface area contributed by atoms with Crippen LogP contribution in [0.3, 0.4) is 0 Å². The summed E-state index contributed by atoms with van der Waals surface area (Å²) in [4.78, 5) is 14.6. The highest BCUT2D eigenvalue weighted by atomic mass is 35.5. The van der Waals surface area contributed by atoms with Gasteiger partial charge < -0.3 is 15.0 Å². The Morgan fingerprint density at radius 3 is 2.52 bits per heavy atom. The second-order valence-electron chi connectivity index (χ2n) is 6.11. The summed E-state index contributed by atoms with van der Waals surface area (Å²) < 4.78 is 5.61. The maximum absolute atomic E-state index is 12.0. The summed E-state index contributed by atoms with van der Waals surface area (Å²) in [6, 6.07) is 7.04. The predicted molar refractivity (Wildman–Crippen MR) is 94.1 cm³/mol. The van der Waals surface area contributed by atoms with Crippen LogP contribution in [-0.2, 0) is 4.79 Å². The number of hydrogen-bond acceptors (Lipinski definition) is 3. The lowest BCUT2D eigenvalue weighted by Crippen LogP contribution is -2.38. The Balaban J connectivity index is 1.62. The molecule has 1 N–H and O–H groups in total. The van der Waals surface area contributed by atoms with E-state index >= 15 is 0 Å². The van der Waals surface area contributed by atoms with Crippen LogP contribution >= 0.6 is 11.6 Å². The number of likely N-dealkylation sites (tertiary alicyclic amines) is 1. The van der Waals surface area contributed by atoms with Crippen molar-refractivity contribution in [2.75, 3.05) is 26.2 Å². The number of carbonyl (C=O) groups is 1. The lowest BCUT2D eigenvalue weighted by molar-refractivity contribution is -0.127. The summed E-state index contributed by atoms with van der Waals surface area (Å²) in [6.45, 7) is 5.92. The zero-order valence-corrected chi connectivity index (χ0v) is 14.6. The van der Waals surface area contributed by atoms with Gasteiger partial charge in [-0.2, -0.15) is 0 Å². The predicted octanol–water partition coefficient (Wildman–Crippen LogP) is 3.49. The Hall–Kier alpha value is -1.26. The number of carbonyl (C=O) groups excluding carboxylic acids is 1. The van der Waals surface area contributed by atoms with E-state index in [0.717, 1.165) is 13.0 Å². The third kappa shape index (κ3) is 6.80. The molecular weight excluding hydrogens is 312 g/mol. The average molecular weight is 339 g/mol. The van der Waals surface area contributed by atoms with Gasteiger partial charge in [0, 0.05) is 11.6 Å². The largest absolute Gasteiger partial charge is 0.481 e. The molecule has 1 saturated heterocycles. The molecule has 1 amide bonds. The maximum atomic E-state index is 12.0. The normalized spacial score (nSPS) is 17.3. The number of halogens is 1. The molecule has 1 aliphatic rings. The van der Waals surface area contributed by atoms with E-state index < -0.39 is 6.10 Å². The molecule has 1 heterocycles. The van der Waals surface area contributed by atoms with E-state index in [0.29, 0.717) is 17.3 Å². The van der Waals surface area contributed by atoms with Crippen molar-refractivity contribution in [2.45, 2.75) is 45.1 Å². The molecule has 0 aromatic heterocycles. The Bertz CT molecular complexity index is 470. The molecule has 0 bridgehead atoms. The Kier molecular flexibility index (Phi) is 7.69. The third-order valence-electron chi connectivity index (χ3n) is 4.14. The number of rotatable bonds is 7. The van der Waals surface area contributed by atoms with Gasteiger partial charge in [0.25, 0.3) is 5.91 Å². The van der Waals surface area contributed by atoms with Crippen molar-refractivity contribution in [3.8, 4) is 5.75 Å². The molecule has 0 spiro atoms. The van der Waals surface area contributed by atoms with Crippen molar-refractivity contribution in [3.63, 3.8) is 0 Å². The molecule has 4 nitrogen and oxygen atoms in total. The molecule has 23 heavy (non-hydrogen) atoms. The highest BCUT2D eigenvalue weighted by Crippen LogP contribution is 2.16. The van der Waals surface area contributed by atoms with Gasteiger partial charge in [-0.15, -0.1) is 0 Å². The molecule has 1 aromatic carbocycles. The summed E-state index contributed by atoms with van der Waals surface area (Å²) in [5.41, 5.74) is 0. The van der Waals surface area contributed by atoms with Gasteiger partial charge in [-0.1, -0.05) is 24.4 Å². The number of hydrogen-bond donors (Lipinski definition) is 1.